The Balaban J connectivity index is 2.55. The fourth-order valence-corrected chi connectivity index (χ4v) is 2.61. The average Bonchev–Trinajstić information content (AvgIpc) is 2.30. The first-order valence-corrected chi connectivity index (χ1v) is 5.81. The van der Waals surface area contributed by atoms with E-state index in [4.69, 9.17) is 11.5 Å². The van der Waals surface area contributed by atoms with Crippen LogP contribution in [0.1, 0.15) is 22.3 Å². The predicted octanol–water partition coefficient (Wildman–Crippen LogP) is 2.55. The maximum atomic E-state index is 6.13. The molecular formula is C15H16N2. The standard InChI is InChI=1S/C15H16N2/c1-9-8-11-6-7-15(16,17)13-5-3-4-12(10(9)2)14(11)13/h3-8H,16-17H2,1-2H3. The van der Waals surface area contributed by atoms with Crippen molar-refractivity contribution >= 4 is 16.8 Å². The van der Waals surface area contributed by atoms with Crippen molar-refractivity contribution in [1.29, 1.82) is 0 Å². The van der Waals surface area contributed by atoms with Gasteiger partial charge in [-0.05, 0) is 52.9 Å². The van der Waals surface area contributed by atoms with E-state index in [-0.39, 0.29) is 0 Å². The van der Waals surface area contributed by atoms with E-state index in [9.17, 15) is 0 Å². The van der Waals surface area contributed by atoms with Crippen LogP contribution in [0.25, 0.3) is 16.8 Å². The molecule has 0 fully saturated rings. The van der Waals surface area contributed by atoms with Crippen molar-refractivity contribution in [3.8, 4) is 0 Å². The SMILES string of the molecule is Cc1cc2c3c(cccc3c1C)C(N)(N)C=C2. The molecule has 0 radical (unpaired) electrons. The molecule has 0 heterocycles. The van der Waals surface area contributed by atoms with Crippen molar-refractivity contribution in [2.75, 3.05) is 0 Å². The largest absolute Gasteiger partial charge is 0.306 e. The lowest BCUT2D eigenvalue weighted by atomic mass is 9.84. The lowest BCUT2D eigenvalue weighted by molar-refractivity contribution is 0.599. The zero-order valence-corrected chi connectivity index (χ0v) is 10.1. The van der Waals surface area contributed by atoms with E-state index in [1.54, 1.807) is 0 Å². The maximum Gasteiger partial charge on any atom is 0.110 e. The molecule has 4 N–H and O–H groups in total. The summed E-state index contributed by atoms with van der Waals surface area (Å²) in [5.41, 5.74) is 16.2. The van der Waals surface area contributed by atoms with Crippen LogP contribution in [0.2, 0.25) is 0 Å². The molecule has 2 heteroatoms. The summed E-state index contributed by atoms with van der Waals surface area (Å²) < 4.78 is 0. The second kappa shape index (κ2) is 3.19. The van der Waals surface area contributed by atoms with E-state index in [0.29, 0.717) is 0 Å². The lowest BCUT2D eigenvalue weighted by Crippen LogP contribution is -2.45. The average molecular weight is 224 g/mol. The Morgan fingerprint density at radius 2 is 1.88 bits per heavy atom. The molecule has 3 rings (SSSR count). The summed E-state index contributed by atoms with van der Waals surface area (Å²) >= 11 is 0. The minimum atomic E-state index is -0.853. The number of hydrogen-bond donors (Lipinski definition) is 2. The van der Waals surface area contributed by atoms with Crippen LogP contribution in [0.5, 0.6) is 0 Å². The first-order chi connectivity index (χ1) is 8.00. The fraction of sp³-hybridized carbons (Fsp3) is 0.200. The summed E-state index contributed by atoms with van der Waals surface area (Å²) in [5, 5.41) is 2.45. The molecule has 0 aliphatic heterocycles. The molecular weight excluding hydrogens is 208 g/mol. The van der Waals surface area contributed by atoms with Crippen LogP contribution in [-0.4, -0.2) is 0 Å². The van der Waals surface area contributed by atoms with Crippen molar-refractivity contribution in [1.82, 2.24) is 0 Å². The lowest BCUT2D eigenvalue weighted by Gasteiger charge is -2.28. The van der Waals surface area contributed by atoms with Crippen LogP contribution in [0.15, 0.2) is 30.3 Å². The van der Waals surface area contributed by atoms with Crippen molar-refractivity contribution < 1.29 is 0 Å². The van der Waals surface area contributed by atoms with E-state index in [2.05, 4.69) is 26.0 Å². The number of nitrogens with two attached hydrogens (primary N) is 2. The maximum absolute atomic E-state index is 6.13. The topological polar surface area (TPSA) is 52.0 Å². The Kier molecular flexibility index (Phi) is 1.97. The molecule has 1 aliphatic carbocycles. The van der Waals surface area contributed by atoms with Gasteiger partial charge in [0.2, 0.25) is 0 Å². The number of benzene rings is 2. The monoisotopic (exact) mass is 224 g/mol. The zero-order valence-electron chi connectivity index (χ0n) is 10.1. The molecule has 1 aliphatic rings. The Hall–Kier alpha value is -1.64. The van der Waals surface area contributed by atoms with Crippen molar-refractivity contribution in [3.63, 3.8) is 0 Å². The van der Waals surface area contributed by atoms with Gasteiger partial charge in [0.1, 0.15) is 5.66 Å². The number of hydrogen-bond acceptors (Lipinski definition) is 2. The Morgan fingerprint density at radius 1 is 1.12 bits per heavy atom. The fourth-order valence-electron chi connectivity index (χ4n) is 2.61. The minimum Gasteiger partial charge on any atom is -0.306 e. The van der Waals surface area contributed by atoms with Gasteiger partial charge in [-0.15, -0.1) is 0 Å². The molecule has 0 amide bonds. The van der Waals surface area contributed by atoms with Gasteiger partial charge in [-0.3, -0.25) is 0 Å². The van der Waals surface area contributed by atoms with Gasteiger partial charge in [-0.2, -0.15) is 0 Å². The molecule has 0 bridgehead atoms. The van der Waals surface area contributed by atoms with Gasteiger partial charge >= 0.3 is 0 Å². The van der Waals surface area contributed by atoms with Crippen LogP contribution in [-0.2, 0) is 5.66 Å². The molecule has 0 spiro atoms. The molecule has 17 heavy (non-hydrogen) atoms. The smallest absolute Gasteiger partial charge is 0.110 e. The summed E-state index contributed by atoms with van der Waals surface area (Å²) in [7, 11) is 0. The Morgan fingerprint density at radius 3 is 2.65 bits per heavy atom. The molecule has 0 saturated heterocycles. The second-order valence-corrected chi connectivity index (χ2v) is 4.90. The second-order valence-electron chi connectivity index (χ2n) is 4.90. The van der Waals surface area contributed by atoms with Crippen molar-refractivity contribution in [2.24, 2.45) is 11.5 Å². The summed E-state index contributed by atoms with van der Waals surface area (Å²) in [6.45, 7) is 4.28. The number of rotatable bonds is 0. The molecule has 86 valence electrons. The molecule has 2 aromatic carbocycles. The summed E-state index contributed by atoms with van der Waals surface area (Å²) in [6.07, 6.45) is 3.90. The first-order valence-electron chi connectivity index (χ1n) is 5.81. The highest BCUT2D eigenvalue weighted by Gasteiger charge is 2.25. The van der Waals surface area contributed by atoms with E-state index >= 15 is 0 Å². The van der Waals surface area contributed by atoms with Gasteiger partial charge in [0.15, 0.2) is 0 Å². The molecule has 0 saturated carbocycles. The molecule has 2 aromatic rings. The van der Waals surface area contributed by atoms with Crippen molar-refractivity contribution in [3.05, 3.63) is 52.6 Å². The Labute approximate surface area is 101 Å². The molecule has 0 aromatic heterocycles. The van der Waals surface area contributed by atoms with E-state index < -0.39 is 5.66 Å². The van der Waals surface area contributed by atoms with Crippen LogP contribution in [0.3, 0.4) is 0 Å². The van der Waals surface area contributed by atoms with Crippen LogP contribution >= 0.6 is 0 Å². The van der Waals surface area contributed by atoms with E-state index in [0.717, 1.165) is 5.56 Å². The van der Waals surface area contributed by atoms with Crippen LogP contribution < -0.4 is 11.5 Å². The third-order valence-electron chi connectivity index (χ3n) is 3.73. The van der Waals surface area contributed by atoms with E-state index in [1.165, 1.54) is 27.5 Å². The van der Waals surface area contributed by atoms with Gasteiger partial charge < -0.3 is 11.5 Å². The zero-order chi connectivity index (χ0) is 12.2. The van der Waals surface area contributed by atoms with Gasteiger partial charge in [0, 0.05) is 0 Å². The van der Waals surface area contributed by atoms with Gasteiger partial charge in [-0.25, -0.2) is 0 Å². The highest BCUT2D eigenvalue weighted by molar-refractivity contribution is 5.98. The Bertz CT molecular complexity index is 652. The van der Waals surface area contributed by atoms with Crippen LogP contribution in [0, 0.1) is 13.8 Å². The van der Waals surface area contributed by atoms with Gasteiger partial charge in [-0.1, -0.05) is 30.3 Å². The summed E-state index contributed by atoms with van der Waals surface area (Å²) in [4.78, 5) is 0. The summed E-state index contributed by atoms with van der Waals surface area (Å²) in [6, 6.07) is 8.39. The highest BCUT2D eigenvalue weighted by atomic mass is 14.9. The van der Waals surface area contributed by atoms with Gasteiger partial charge in [0.05, 0.1) is 0 Å². The minimum absolute atomic E-state index is 0.853. The van der Waals surface area contributed by atoms with E-state index in [1.807, 2.05) is 24.3 Å². The number of aryl methyl sites for hydroxylation is 2. The third-order valence-corrected chi connectivity index (χ3v) is 3.73. The van der Waals surface area contributed by atoms with Crippen LogP contribution in [0.4, 0.5) is 0 Å². The third kappa shape index (κ3) is 1.35. The molecule has 2 nitrogen and oxygen atoms in total. The summed E-state index contributed by atoms with van der Waals surface area (Å²) in [5.74, 6) is 0. The first kappa shape index (κ1) is 10.5. The molecule has 0 unspecified atom stereocenters. The quantitative estimate of drug-likeness (QED) is 0.676. The predicted molar refractivity (Wildman–Crippen MR) is 72.5 cm³/mol. The normalized spacial score (nSPS) is 16.5. The van der Waals surface area contributed by atoms with Gasteiger partial charge in [0.25, 0.3) is 0 Å². The molecule has 0 atom stereocenters. The van der Waals surface area contributed by atoms with Crippen molar-refractivity contribution in [2.45, 2.75) is 19.5 Å². The highest BCUT2D eigenvalue weighted by Crippen LogP contribution is 2.36.